The lowest BCUT2D eigenvalue weighted by atomic mass is 9.90. The third-order valence-electron chi connectivity index (χ3n) is 3.44. The number of thiol groups is 1. The number of rotatable bonds is 2. The maximum Gasteiger partial charge on any atom is 0.221 e. The van der Waals surface area contributed by atoms with Gasteiger partial charge in [0.25, 0.3) is 0 Å². The van der Waals surface area contributed by atoms with E-state index in [1.165, 1.54) is 0 Å². The van der Waals surface area contributed by atoms with Crippen LogP contribution in [0.2, 0.25) is 0 Å². The minimum Gasteiger partial charge on any atom is -0.646 e. The lowest BCUT2D eigenvalue weighted by Crippen LogP contribution is -2.31. The Morgan fingerprint density at radius 2 is 2.15 bits per heavy atom. The number of carbonyl (C=O) groups excluding carboxylic acids is 2. The van der Waals surface area contributed by atoms with Crippen LogP contribution in [0.25, 0.3) is 0 Å². The van der Waals surface area contributed by atoms with Crippen LogP contribution in [-0.2, 0) is 22.0 Å². The SMILES string of the molecule is NC(=O)Cc1ccc2c(c1)[SH+]([O-])=C1C=CC=CC1C2=O. The quantitative estimate of drug-likeness (QED) is 0.493. The highest BCUT2D eigenvalue weighted by molar-refractivity contribution is 7.91. The maximum atomic E-state index is 12.6. The number of fused-ring (bicyclic) bond motifs is 2. The number of hydrogen-bond donors (Lipinski definition) is 1. The van der Waals surface area contributed by atoms with E-state index in [0.29, 0.717) is 20.9 Å². The average Bonchev–Trinajstić information content (AvgIpc) is 2.44. The topological polar surface area (TPSA) is 83.2 Å². The molecule has 5 heteroatoms. The summed E-state index contributed by atoms with van der Waals surface area (Å²) >= 11 is 0. The minimum absolute atomic E-state index is 0.0455. The highest BCUT2D eigenvalue weighted by atomic mass is 32.2. The normalized spacial score (nSPS) is 23.4. The first-order valence-corrected chi connectivity index (χ1v) is 7.48. The summed E-state index contributed by atoms with van der Waals surface area (Å²) in [7, 11) is -1.78. The molecule has 102 valence electrons. The van der Waals surface area contributed by atoms with Gasteiger partial charge in [0.15, 0.2) is 5.78 Å². The Kier molecular flexibility index (Phi) is 3.16. The number of primary amides is 1. The molecule has 2 atom stereocenters. The van der Waals surface area contributed by atoms with Crippen LogP contribution in [0.15, 0.2) is 47.4 Å². The molecular formula is C15H13NO3S. The number of nitrogens with two attached hydrogens (primary N) is 1. The summed E-state index contributed by atoms with van der Waals surface area (Å²) in [6, 6.07) is 5.00. The van der Waals surface area contributed by atoms with Gasteiger partial charge >= 0.3 is 0 Å². The summed E-state index contributed by atoms with van der Waals surface area (Å²) in [5, 5.41) is 0. The Bertz CT molecular complexity index is 716. The molecule has 2 N–H and O–H groups in total. The molecule has 0 radical (unpaired) electrons. The molecule has 0 bridgehead atoms. The van der Waals surface area contributed by atoms with E-state index in [9.17, 15) is 14.1 Å². The van der Waals surface area contributed by atoms with Crippen molar-refractivity contribution < 1.29 is 14.1 Å². The van der Waals surface area contributed by atoms with E-state index in [2.05, 4.69) is 0 Å². The van der Waals surface area contributed by atoms with E-state index < -0.39 is 22.6 Å². The van der Waals surface area contributed by atoms with Gasteiger partial charge in [0.1, 0.15) is 15.7 Å². The van der Waals surface area contributed by atoms with E-state index >= 15 is 0 Å². The van der Waals surface area contributed by atoms with Crippen LogP contribution >= 0.6 is 0 Å². The van der Waals surface area contributed by atoms with Gasteiger partial charge in [-0.15, -0.1) is 10.8 Å². The monoisotopic (exact) mass is 287 g/mol. The number of allylic oxidation sites excluding steroid dienone is 4. The van der Waals surface area contributed by atoms with Crippen LogP contribution in [0.1, 0.15) is 15.9 Å². The Balaban J connectivity index is 2.15. The first kappa shape index (κ1) is 13.0. The summed E-state index contributed by atoms with van der Waals surface area (Å²) in [5.41, 5.74) is 6.33. The number of ketones is 1. The van der Waals surface area contributed by atoms with Crippen LogP contribution in [0, 0.1) is 5.92 Å². The van der Waals surface area contributed by atoms with Gasteiger partial charge in [-0.3, -0.25) is 9.59 Å². The molecule has 1 amide bonds. The van der Waals surface area contributed by atoms with Crippen molar-refractivity contribution in [3.63, 3.8) is 0 Å². The van der Waals surface area contributed by atoms with Gasteiger partial charge in [0, 0.05) is 0 Å². The number of carbonyl (C=O) groups is 2. The summed E-state index contributed by atoms with van der Waals surface area (Å²) in [6.45, 7) is 0. The first-order valence-electron chi connectivity index (χ1n) is 6.22. The van der Waals surface area contributed by atoms with E-state index in [1.807, 2.05) is 0 Å². The van der Waals surface area contributed by atoms with Gasteiger partial charge in [-0.1, -0.05) is 24.3 Å². The summed E-state index contributed by atoms with van der Waals surface area (Å²) in [6.07, 6.45) is 7.17. The van der Waals surface area contributed by atoms with Crippen LogP contribution in [0.4, 0.5) is 0 Å². The Morgan fingerprint density at radius 1 is 1.35 bits per heavy atom. The zero-order valence-electron chi connectivity index (χ0n) is 10.6. The third-order valence-corrected chi connectivity index (χ3v) is 5.15. The van der Waals surface area contributed by atoms with Crippen molar-refractivity contribution in [3.05, 3.63) is 53.6 Å². The van der Waals surface area contributed by atoms with Crippen molar-refractivity contribution in [2.75, 3.05) is 0 Å². The lowest BCUT2D eigenvalue weighted by Gasteiger charge is -2.25. The highest BCUT2D eigenvalue weighted by Gasteiger charge is 2.33. The van der Waals surface area contributed by atoms with Gasteiger partial charge in [-0.25, -0.2) is 0 Å². The lowest BCUT2D eigenvalue weighted by molar-refractivity contribution is -0.117. The molecule has 0 saturated carbocycles. The van der Waals surface area contributed by atoms with Crippen molar-refractivity contribution in [1.82, 2.24) is 0 Å². The fraction of sp³-hybridized carbons (Fsp3) is 0.133. The Hall–Kier alpha value is -1.98. The van der Waals surface area contributed by atoms with Gasteiger partial charge in [-0.2, -0.15) is 0 Å². The predicted molar refractivity (Wildman–Crippen MR) is 78.3 cm³/mol. The van der Waals surface area contributed by atoms with Crippen molar-refractivity contribution >= 4 is 27.3 Å². The Labute approximate surface area is 118 Å². The van der Waals surface area contributed by atoms with Gasteiger partial charge < -0.3 is 10.3 Å². The van der Waals surface area contributed by atoms with Crippen molar-refractivity contribution in [3.8, 4) is 0 Å². The molecule has 1 heterocycles. The summed E-state index contributed by atoms with van der Waals surface area (Å²) in [4.78, 5) is 24.5. The number of benzene rings is 1. The number of hydrogen-bond acceptors (Lipinski definition) is 3. The fourth-order valence-electron chi connectivity index (χ4n) is 2.52. The molecule has 0 aromatic heterocycles. The Morgan fingerprint density at radius 3 is 2.90 bits per heavy atom. The molecule has 2 aliphatic rings. The predicted octanol–water partition coefficient (Wildman–Crippen LogP) is 0.665. The third kappa shape index (κ3) is 2.05. The second-order valence-corrected chi connectivity index (χ2v) is 6.39. The van der Waals surface area contributed by atoms with E-state index in [-0.39, 0.29) is 12.2 Å². The van der Waals surface area contributed by atoms with Crippen molar-refractivity contribution in [1.29, 1.82) is 0 Å². The zero-order chi connectivity index (χ0) is 14.3. The maximum absolute atomic E-state index is 12.6. The molecule has 3 rings (SSSR count). The summed E-state index contributed by atoms with van der Waals surface area (Å²) < 4.78 is 12.6. The number of Topliss-reactive ketones (excluding diaryl/α,β-unsaturated/α-hetero) is 1. The molecule has 20 heavy (non-hydrogen) atoms. The largest absolute Gasteiger partial charge is 0.646 e. The second kappa shape index (κ2) is 4.85. The average molecular weight is 287 g/mol. The second-order valence-electron chi connectivity index (χ2n) is 4.80. The van der Waals surface area contributed by atoms with Gasteiger partial charge in [0.05, 0.1) is 12.0 Å². The molecule has 0 fully saturated rings. The molecule has 1 aliphatic heterocycles. The molecule has 0 spiro atoms. The molecule has 2 unspecified atom stereocenters. The van der Waals surface area contributed by atoms with Gasteiger partial charge in [-0.05, 0) is 23.8 Å². The van der Waals surface area contributed by atoms with Gasteiger partial charge in [0.2, 0.25) is 5.91 Å². The number of amides is 1. The molecule has 4 nitrogen and oxygen atoms in total. The highest BCUT2D eigenvalue weighted by Crippen LogP contribution is 2.29. The van der Waals surface area contributed by atoms with E-state index in [4.69, 9.17) is 5.73 Å². The van der Waals surface area contributed by atoms with Crippen LogP contribution in [0.5, 0.6) is 0 Å². The van der Waals surface area contributed by atoms with Crippen LogP contribution < -0.4 is 5.73 Å². The molecule has 1 aromatic carbocycles. The minimum atomic E-state index is -1.78. The smallest absolute Gasteiger partial charge is 0.221 e. The first-order chi connectivity index (χ1) is 9.58. The van der Waals surface area contributed by atoms with Crippen molar-refractivity contribution in [2.24, 2.45) is 11.7 Å². The standard InChI is InChI=1S/C15H13NO3S/c16-14(17)8-9-5-6-11-13(7-9)20(19)12-4-2-1-3-10(12)15(11)18/h1-7,10,20H,8H2,(H2-,16,17,19). The molecule has 1 aromatic rings. The van der Waals surface area contributed by atoms with E-state index in [1.54, 1.807) is 42.5 Å². The fourth-order valence-corrected chi connectivity index (χ4v) is 4.16. The van der Waals surface area contributed by atoms with Crippen LogP contribution in [0.3, 0.4) is 0 Å². The van der Waals surface area contributed by atoms with Crippen molar-refractivity contribution in [2.45, 2.75) is 11.3 Å². The van der Waals surface area contributed by atoms with Crippen LogP contribution in [-0.4, -0.2) is 21.1 Å². The summed E-state index contributed by atoms with van der Waals surface area (Å²) in [5.74, 6) is -0.915. The molecule has 1 aliphatic carbocycles. The molecule has 0 saturated heterocycles. The van der Waals surface area contributed by atoms with E-state index in [0.717, 1.165) is 0 Å². The molecular weight excluding hydrogens is 274 g/mol. The zero-order valence-corrected chi connectivity index (χ0v) is 11.5.